The lowest BCUT2D eigenvalue weighted by Gasteiger charge is -2.26. The molecule has 19 heavy (non-hydrogen) atoms. The molecule has 1 aliphatic rings. The Kier molecular flexibility index (Phi) is 4.68. The van der Waals surface area contributed by atoms with Gasteiger partial charge in [0.15, 0.2) is 3.92 Å². The standard InChI is InChI=1S/C12H19BrN2O2SSi/c1-19(2,3)7-6-17-12(16)15-5-4-10-9(8-15)14-11(13)18-10/h4-8H2,1-3H3. The van der Waals surface area contributed by atoms with E-state index in [9.17, 15) is 4.79 Å². The number of aromatic nitrogens is 1. The average Bonchev–Trinajstić information content (AvgIpc) is 2.65. The maximum atomic E-state index is 12.0. The minimum absolute atomic E-state index is 0.201. The van der Waals surface area contributed by atoms with Crippen LogP contribution >= 0.6 is 27.3 Å². The summed E-state index contributed by atoms with van der Waals surface area (Å²) >= 11 is 5.05. The average molecular weight is 363 g/mol. The van der Waals surface area contributed by atoms with Gasteiger partial charge in [0.25, 0.3) is 0 Å². The molecule has 0 spiro atoms. The SMILES string of the molecule is C[Si](C)(C)CCOC(=O)N1CCc2sc(Br)nc2C1. The molecule has 2 heterocycles. The molecule has 0 atom stereocenters. The Bertz CT molecular complexity index is 473. The van der Waals surface area contributed by atoms with Gasteiger partial charge in [0.1, 0.15) is 0 Å². The van der Waals surface area contributed by atoms with Crippen LogP contribution in [0.3, 0.4) is 0 Å². The van der Waals surface area contributed by atoms with Crippen molar-refractivity contribution < 1.29 is 9.53 Å². The molecular formula is C12H19BrN2O2SSi. The second kappa shape index (κ2) is 5.93. The van der Waals surface area contributed by atoms with Crippen molar-refractivity contribution in [3.8, 4) is 0 Å². The third kappa shape index (κ3) is 4.29. The number of fused-ring (bicyclic) bond motifs is 1. The monoisotopic (exact) mass is 362 g/mol. The Morgan fingerprint density at radius 3 is 2.95 bits per heavy atom. The second-order valence-corrected chi connectivity index (χ2v) is 13.9. The Hall–Kier alpha value is -0.403. The van der Waals surface area contributed by atoms with Crippen LogP contribution in [0.5, 0.6) is 0 Å². The maximum absolute atomic E-state index is 12.0. The molecule has 0 saturated carbocycles. The molecule has 0 unspecified atom stereocenters. The zero-order chi connectivity index (χ0) is 14.0. The highest BCUT2D eigenvalue weighted by molar-refractivity contribution is 9.11. The lowest BCUT2D eigenvalue weighted by atomic mass is 10.2. The van der Waals surface area contributed by atoms with Gasteiger partial charge in [0, 0.05) is 25.9 Å². The summed E-state index contributed by atoms with van der Waals surface area (Å²) in [6.07, 6.45) is 0.676. The summed E-state index contributed by atoms with van der Waals surface area (Å²) in [7, 11) is -1.14. The largest absolute Gasteiger partial charge is 0.450 e. The van der Waals surface area contributed by atoms with E-state index in [0.29, 0.717) is 13.2 Å². The quantitative estimate of drug-likeness (QED) is 0.769. The van der Waals surface area contributed by atoms with E-state index >= 15 is 0 Å². The zero-order valence-electron chi connectivity index (χ0n) is 11.5. The molecule has 1 amide bonds. The van der Waals surface area contributed by atoms with Gasteiger partial charge >= 0.3 is 6.09 Å². The molecule has 1 aliphatic heterocycles. The Morgan fingerprint density at radius 2 is 2.26 bits per heavy atom. The van der Waals surface area contributed by atoms with Gasteiger partial charge in [-0.25, -0.2) is 9.78 Å². The van der Waals surface area contributed by atoms with Crippen LogP contribution < -0.4 is 0 Å². The summed E-state index contributed by atoms with van der Waals surface area (Å²) in [5.41, 5.74) is 1.00. The Labute approximate surface area is 127 Å². The molecule has 0 N–H and O–H groups in total. The molecule has 4 nitrogen and oxygen atoms in total. The van der Waals surface area contributed by atoms with Crippen molar-refractivity contribution >= 4 is 41.4 Å². The second-order valence-electron chi connectivity index (χ2n) is 5.93. The molecule has 2 rings (SSSR count). The number of carbonyl (C=O) groups excluding carboxylic acids is 1. The summed E-state index contributed by atoms with van der Waals surface area (Å²) in [5, 5.41) is 0. The van der Waals surface area contributed by atoms with Gasteiger partial charge in [-0.15, -0.1) is 11.3 Å². The molecule has 0 aromatic carbocycles. The number of carbonyl (C=O) groups is 1. The fourth-order valence-corrected chi connectivity index (χ4v) is 4.15. The van der Waals surface area contributed by atoms with Crippen molar-refractivity contribution in [3.05, 3.63) is 14.5 Å². The molecule has 7 heteroatoms. The molecular weight excluding hydrogens is 344 g/mol. The molecule has 0 saturated heterocycles. The predicted octanol–water partition coefficient (Wildman–Crippen LogP) is 3.74. The van der Waals surface area contributed by atoms with Crippen LogP contribution in [-0.2, 0) is 17.7 Å². The van der Waals surface area contributed by atoms with E-state index in [0.717, 1.165) is 28.6 Å². The minimum atomic E-state index is -1.14. The highest BCUT2D eigenvalue weighted by Crippen LogP contribution is 2.28. The first kappa shape index (κ1) is 15.0. The van der Waals surface area contributed by atoms with E-state index in [4.69, 9.17) is 4.74 Å². The van der Waals surface area contributed by atoms with E-state index in [1.54, 1.807) is 16.2 Å². The molecule has 0 bridgehead atoms. The molecule has 0 fully saturated rings. The first-order valence-corrected chi connectivity index (χ1v) is 11.7. The van der Waals surface area contributed by atoms with Crippen LogP contribution in [0.1, 0.15) is 10.6 Å². The van der Waals surface area contributed by atoms with E-state index in [1.807, 2.05) is 0 Å². The van der Waals surface area contributed by atoms with Crippen LogP contribution in [-0.4, -0.2) is 37.2 Å². The number of hydrogen-bond acceptors (Lipinski definition) is 4. The lowest BCUT2D eigenvalue weighted by Crippen LogP contribution is -2.36. The highest BCUT2D eigenvalue weighted by Gasteiger charge is 2.25. The molecule has 1 aromatic heterocycles. The highest BCUT2D eigenvalue weighted by atomic mass is 79.9. The Balaban J connectivity index is 1.85. The first-order valence-electron chi connectivity index (χ1n) is 6.41. The lowest BCUT2D eigenvalue weighted by molar-refractivity contribution is 0.102. The van der Waals surface area contributed by atoms with Crippen LogP contribution in [0, 0.1) is 0 Å². The van der Waals surface area contributed by atoms with E-state index in [1.165, 1.54) is 4.88 Å². The van der Waals surface area contributed by atoms with Gasteiger partial charge in [-0.2, -0.15) is 0 Å². The summed E-state index contributed by atoms with van der Waals surface area (Å²) in [5.74, 6) is 0. The third-order valence-corrected chi connectivity index (χ3v) is 6.35. The smallest absolute Gasteiger partial charge is 0.410 e. The summed E-state index contributed by atoms with van der Waals surface area (Å²) < 4.78 is 6.26. The van der Waals surface area contributed by atoms with Gasteiger partial charge in [0.2, 0.25) is 0 Å². The third-order valence-electron chi connectivity index (χ3n) is 3.04. The topological polar surface area (TPSA) is 42.4 Å². The summed E-state index contributed by atoms with van der Waals surface area (Å²) in [6.45, 7) is 8.68. The summed E-state index contributed by atoms with van der Waals surface area (Å²) in [6, 6.07) is 1.01. The maximum Gasteiger partial charge on any atom is 0.410 e. The minimum Gasteiger partial charge on any atom is -0.450 e. The molecule has 1 aromatic rings. The number of ether oxygens (including phenoxy) is 1. The van der Waals surface area contributed by atoms with Crippen LogP contribution in [0.25, 0.3) is 0 Å². The normalized spacial score (nSPS) is 15.3. The summed E-state index contributed by atoms with van der Waals surface area (Å²) in [4.78, 5) is 19.4. The van der Waals surface area contributed by atoms with Crippen LogP contribution in [0.4, 0.5) is 4.79 Å². The van der Waals surface area contributed by atoms with Crippen molar-refractivity contribution in [2.75, 3.05) is 13.2 Å². The van der Waals surface area contributed by atoms with Crippen molar-refractivity contribution in [2.45, 2.75) is 38.7 Å². The Morgan fingerprint density at radius 1 is 1.53 bits per heavy atom. The van der Waals surface area contributed by atoms with Crippen molar-refractivity contribution in [2.24, 2.45) is 0 Å². The van der Waals surface area contributed by atoms with Gasteiger partial charge in [-0.3, -0.25) is 0 Å². The molecule has 106 valence electrons. The predicted molar refractivity (Wildman–Crippen MR) is 83.4 cm³/mol. The van der Waals surface area contributed by atoms with Crippen molar-refractivity contribution in [1.29, 1.82) is 0 Å². The number of thiazole rings is 1. The van der Waals surface area contributed by atoms with Crippen LogP contribution in [0.2, 0.25) is 25.7 Å². The van der Waals surface area contributed by atoms with Crippen LogP contribution in [0.15, 0.2) is 3.92 Å². The van der Waals surface area contributed by atoms with Gasteiger partial charge in [-0.1, -0.05) is 19.6 Å². The van der Waals surface area contributed by atoms with E-state index in [-0.39, 0.29) is 6.09 Å². The van der Waals surface area contributed by atoms with Gasteiger partial charge in [0.05, 0.1) is 18.8 Å². The number of amides is 1. The van der Waals surface area contributed by atoms with Gasteiger partial charge < -0.3 is 9.64 Å². The number of rotatable bonds is 3. The van der Waals surface area contributed by atoms with E-state index in [2.05, 4.69) is 40.6 Å². The first-order chi connectivity index (χ1) is 8.85. The van der Waals surface area contributed by atoms with E-state index < -0.39 is 8.07 Å². The molecule has 0 aliphatic carbocycles. The number of nitrogens with zero attached hydrogens (tertiary/aromatic N) is 2. The van der Waals surface area contributed by atoms with Gasteiger partial charge in [-0.05, 0) is 22.0 Å². The number of halogens is 1. The fourth-order valence-electron chi connectivity index (χ4n) is 1.86. The van der Waals surface area contributed by atoms with Crippen molar-refractivity contribution in [3.63, 3.8) is 0 Å². The number of hydrogen-bond donors (Lipinski definition) is 0. The van der Waals surface area contributed by atoms with Crippen molar-refractivity contribution in [1.82, 2.24) is 9.88 Å². The molecule has 0 radical (unpaired) electrons. The fraction of sp³-hybridized carbons (Fsp3) is 0.667. The zero-order valence-corrected chi connectivity index (χ0v) is 14.9.